The molecule has 1 saturated heterocycles. The Morgan fingerprint density at radius 2 is 2.22 bits per heavy atom. The Kier molecular flexibility index (Phi) is 2.52. The molecule has 0 saturated carbocycles. The fourth-order valence-electron chi connectivity index (χ4n) is 2.87. The summed E-state index contributed by atoms with van der Waals surface area (Å²) >= 11 is 0. The third-order valence-corrected chi connectivity index (χ3v) is 3.95. The van der Waals surface area contributed by atoms with E-state index in [0.717, 1.165) is 29.9 Å². The second-order valence-electron chi connectivity index (χ2n) is 5.68. The van der Waals surface area contributed by atoms with Crippen molar-refractivity contribution >= 4 is 16.9 Å². The molecule has 3 heterocycles. The number of likely N-dealkylation sites (N-methyl/N-ethyl adjacent to an activating group) is 1. The van der Waals surface area contributed by atoms with Gasteiger partial charge in [-0.3, -0.25) is 0 Å². The van der Waals surface area contributed by atoms with Crippen LogP contribution in [0.5, 0.6) is 0 Å². The summed E-state index contributed by atoms with van der Waals surface area (Å²) in [5.74, 6) is 1.00. The van der Waals surface area contributed by atoms with Gasteiger partial charge in [-0.15, -0.1) is 0 Å². The molecule has 1 fully saturated rings. The number of nitrogens with one attached hydrogen (secondary N) is 2. The van der Waals surface area contributed by atoms with E-state index in [1.807, 2.05) is 12.3 Å². The number of hydrogen-bond donors (Lipinski definition) is 2. The predicted octanol–water partition coefficient (Wildman–Crippen LogP) is 1.39. The van der Waals surface area contributed by atoms with Crippen molar-refractivity contribution in [2.24, 2.45) is 5.41 Å². The maximum absolute atomic E-state index is 4.46. The van der Waals surface area contributed by atoms with Crippen molar-refractivity contribution in [3.05, 3.63) is 18.6 Å². The number of anilines is 1. The SMILES string of the molecule is CN(c1ncnc2[nH]ccc12)[C@@H]1CNCC1(C)C. The topological polar surface area (TPSA) is 56.8 Å². The van der Waals surface area contributed by atoms with E-state index in [0.29, 0.717) is 6.04 Å². The largest absolute Gasteiger partial charge is 0.354 e. The lowest BCUT2D eigenvalue weighted by Crippen LogP contribution is -2.43. The number of fused-ring (bicyclic) bond motifs is 1. The molecular formula is C13H19N5. The normalized spacial score (nSPS) is 22.5. The monoisotopic (exact) mass is 245 g/mol. The maximum Gasteiger partial charge on any atom is 0.142 e. The molecule has 1 aliphatic rings. The van der Waals surface area contributed by atoms with E-state index in [1.54, 1.807) is 6.33 Å². The van der Waals surface area contributed by atoms with Gasteiger partial charge in [0.25, 0.3) is 0 Å². The molecule has 1 aliphatic heterocycles. The van der Waals surface area contributed by atoms with Crippen LogP contribution in [0.1, 0.15) is 13.8 Å². The van der Waals surface area contributed by atoms with Gasteiger partial charge in [-0.1, -0.05) is 13.8 Å². The molecule has 0 spiro atoms. The van der Waals surface area contributed by atoms with Gasteiger partial charge in [0.2, 0.25) is 0 Å². The predicted molar refractivity (Wildman–Crippen MR) is 72.7 cm³/mol. The van der Waals surface area contributed by atoms with Crippen LogP contribution < -0.4 is 10.2 Å². The average Bonchev–Trinajstić information content (AvgIpc) is 2.93. The minimum absolute atomic E-state index is 0.252. The summed E-state index contributed by atoms with van der Waals surface area (Å²) in [6.45, 7) is 6.64. The molecule has 0 aliphatic carbocycles. The zero-order valence-corrected chi connectivity index (χ0v) is 11.1. The molecule has 96 valence electrons. The Balaban J connectivity index is 2.01. The molecule has 18 heavy (non-hydrogen) atoms. The van der Waals surface area contributed by atoms with E-state index in [2.05, 4.69) is 46.1 Å². The molecule has 0 amide bonds. The summed E-state index contributed by atoms with van der Waals surface area (Å²) in [4.78, 5) is 14.1. The van der Waals surface area contributed by atoms with Crippen LogP contribution in [0.4, 0.5) is 5.82 Å². The highest BCUT2D eigenvalue weighted by Crippen LogP contribution is 2.32. The van der Waals surface area contributed by atoms with E-state index in [-0.39, 0.29) is 5.41 Å². The first-order chi connectivity index (χ1) is 8.59. The van der Waals surface area contributed by atoms with Crippen LogP contribution in [0.25, 0.3) is 11.0 Å². The summed E-state index contributed by atoms with van der Waals surface area (Å²) in [6.07, 6.45) is 3.54. The lowest BCUT2D eigenvalue weighted by atomic mass is 9.87. The molecule has 3 rings (SSSR count). The standard InChI is InChI=1S/C13H19N5/c1-13(2)7-14-6-10(13)18(3)12-9-4-5-15-11(9)16-8-17-12/h4-5,8,10,14H,6-7H2,1-3H3,(H,15,16,17)/t10-/m1/s1. The van der Waals surface area contributed by atoms with Crippen LogP contribution in [0, 0.1) is 5.41 Å². The van der Waals surface area contributed by atoms with Crippen molar-refractivity contribution in [2.75, 3.05) is 25.0 Å². The molecule has 5 heteroatoms. The summed E-state index contributed by atoms with van der Waals surface area (Å²) in [6, 6.07) is 2.49. The highest BCUT2D eigenvalue weighted by molar-refractivity contribution is 5.87. The zero-order valence-electron chi connectivity index (χ0n) is 11.1. The zero-order chi connectivity index (χ0) is 12.8. The van der Waals surface area contributed by atoms with E-state index in [1.165, 1.54) is 0 Å². The van der Waals surface area contributed by atoms with Crippen molar-refractivity contribution in [3.8, 4) is 0 Å². The molecule has 1 atom stereocenters. The Hall–Kier alpha value is -1.62. The molecule has 0 aromatic carbocycles. The maximum atomic E-state index is 4.46. The molecule has 2 N–H and O–H groups in total. The smallest absolute Gasteiger partial charge is 0.142 e. The van der Waals surface area contributed by atoms with Crippen LogP contribution in [0.15, 0.2) is 18.6 Å². The van der Waals surface area contributed by atoms with Crippen molar-refractivity contribution in [1.29, 1.82) is 0 Å². The van der Waals surface area contributed by atoms with E-state index in [9.17, 15) is 0 Å². The average molecular weight is 245 g/mol. The number of nitrogens with zero attached hydrogens (tertiary/aromatic N) is 3. The van der Waals surface area contributed by atoms with Gasteiger partial charge in [-0.05, 0) is 11.5 Å². The van der Waals surface area contributed by atoms with Crippen molar-refractivity contribution in [3.63, 3.8) is 0 Å². The van der Waals surface area contributed by atoms with E-state index < -0.39 is 0 Å². The summed E-state index contributed by atoms with van der Waals surface area (Å²) < 4.78 is 0. The van der Waals surface area contributed by atoms with Gasteiger partial charge in [0, 0.05) is 32.4 Å². The number of rotatable bonds is 2. The number of aromatic nitrogens is 3. The molecule has 0 unspecified atom stereocenters. The fourth-order valence-corrected chi connectivity index (χ4v) is 2.87. The summed E-state index contributed by atoms with van der Waals surface area (Å²) in [7, 11) is 2.12. The highest BCUT2D eigenvalue weighted by atomic mass is 15.2. The summed E-state index contributed by atoms with van der Waals surface area (Å²) in [5.41, 5.74) is 1.15. The minimum atomic E-state index is 0.252. The van der Waals surface area contributed by atoms with Crippen LogP contribution >= 0.6 is 0 Å². The van der Waals surface area contributed by atoms with Crippen LogP contribution in [-0.2, 0) is 0 Å². The Morgan fingerprint density at radius 3 is 2.94 bits per heavy atom. The highest BCUT2D eigenvalue weighted by Gasteiger charge is 2.38. The Labute approximate surface area is 107 Å². The first kappa shape index (κ1) is 11.5. The van der Waals surface area contributed by atoms with Crippen LogP contribution in [0.2, 0.25) is 0 Å². The quantitative estimate of drug-likeness (QED) is 0.839. The molecular weight excluding hydrogens is 226 g/mol. The molecule has 2 aromatic rings. The Morgan fingerprint density at radius 1 is 1.39 bits per heavy atom. The summed E-state index contributed by atoms with van der Waals surface area (Å²) in [5, 5.41) is 4.55. The van der Waals surface area contributed by atoms with Crippen LogP contribution in [0.3, 0.4) is 0 Å². The minimum Gasteiger partial charge on any atom is -0.354 e. The van der Waals surface area contributed by atoms with Crippen LogP contribution in [-0.4, -0.2) is 41.1 Å². The van der Waals surface area contributed by atoms with Gasteiger partial charge >= 0.3 is 0 Å². The van der Waals surface area contributed by atoms with Crippen molar-refractivity contribution in [2.45, 2.75) is 19.9 Å². The second kappa shape index (κ2) is 3.95. The molecule has 0 bridgehead atoms. The van der Waals surface area contributed by atoms with Crippen molar-refractivity contribution in [1.82, 2.24) is 20.3 Å². The van der Waals surface area contributed by atoms with Gasteiger partial charge in [-0.25, -0.2) is 9.97 Å². The van der Waals surface area contributed by atoms with Gasteiger partial charge in [0.15, 0.2) is 0 Å². The lowest BCUT2D eigenvalue weighted by Gasteiger charge is -2.35. The van der Waals surface area contributed by atoms with Gasteiger partial charge in [0.05, 0.1) is 5.39 Å². The number of H-pyrrole nitrogens is 1. The third kappa shape index (κ3) is 1.66. The number of hydrogen-bond acceptors (Lipinski definition) is 4. The van der Waals surface area contributed by atoms with Gasteiger partial charge in [0.1, 0.15) is 17.8 Å². The molecule has 5 nitrogen and oxygen atoms in total. The van der Waals surface area contributed by atoms with Crippen molar-refractivity contribution < 1.29 is 0 Å². The third-order valence-electron chi connectivity index (χ3n) is 3.95. The van der Waals surface area contributed by atoms with E-state index in [4.69, 9.17) is 0 Å². The molecule has 2 aromatic heterocycles. The molecule has 0 radical (unpaired) electrons. The Bertz CT molecular complexity index is 559. The lowest BCUT2D eigenvalue weighted by molar-refractivity contribution is 0.352. The fraction of sp³-hybridized carbons (Fsp3) is 0.538. The second-order valence-corrected chi connectivity index (χ2v) is 5.68. The first-order valence-electron chi connectivity index (χ1n) is 6.31. The van der Waals surface area contributed by atoms with Gasteiger partial charge in [-0.2, -0.15) is 0 Å². The first-order valence-corrected chi connectivity index (χ1v) is 6.31. The van der Waals surface area contributed by atoms with Gasteiger partial charge < -0.3 is 15.2 Å². The van der Waals surface area contributed by atoms with E-state index >= 15 is 0 Å². The number of aromatic amines is 1.